The smallest absolute Gasteiger partial charge is 0.307 e. The van der Waals surface area contributed by atoms with Gasteiger partial charge in [0.2, 0.25) is 0 Å². The number of hydrogen-bond acceptors (Lipinski definition) is 3. The minimum atomic E-state index is -0.669. The van der Waals surface area contributed by atoms with Crippen molar-refractivity contribution in [2.75, 3.05) is 13.1 Å². The molecule has 0 radical (unpaired) electrons. The van der Waals surface area contributed by atoms with Crippen LogP contribution in [0.4, 0.5) is 0 Å². The lowest BCUT2D eigenvalue weighted by Crippen LogP contribution is -2.41. The average Bonchev–Trinajstić information content (AvgIpc) is 2.42. The molecule has 19 heavy (non-hydrogen) atoms. The first-order valence-electron chi connectivity index (χ1n) is 7.01. The zero-order valence-electron chi connectivity index (χ0n) is 11.7. The summed E-state index contributed by atoms with van der Waals surface area (Å²) in [5, 5.41) is 9.19. The zero-order chi connectivity index (χ0) is 13.8. The van der Waals surface area contributed by atoms with E-state index in [-0.39, 0.29) is 12.0 Å². The first kappa shape index (κ1) is 14.0. The molecular formula is C15H22N2O2. The summed E-state index contributed by atoms with van der Waals surface area (Å²) in [6.45, 7) is 5.83. The summed E-state index contributed by atoms with van der Waals surface area (Å²) in [7, 11) is 0. The highest BCUT2D eigenvalue weighted by Gasteiger charge is 2.30. The Morgan fingerprint density at radius 2 is 2.42 bits per heavy atom. The van der Waals surface area contributed by atoms with E-state index in [1.54, 1.807) is 0 Å². The zero-order valence-corrected chi connectivity index (χ0v) is 11.7. The number of piperidine rings is 1. The highest BCUT2D eigenvalue weighted by Crippen LogP contribution is 2.29. The summed E-state index contributed by atoms with van der Waals surface area (Å²) in [6.07, 6.45) is 4.54. The average molecular weight is 262 g/mol. The standard InChI is InChI=1S/C15H22N2O2/c1-3-13(14-11(2)6-4-8-16-14)17-9-5-7-12(10-17)15(18)19/h4,6,8,12-13H,3,5,7,9-10H2,1-2H3,(H,18,19). The largest absolute Gasteiger partial charge is 0.481 e. The van der Waals surface area contributed by atoms with Gasteiger partial charge in [0.1, 0.15) is 0 Å². The lowest BCUT2D eigenvalue weighted by Gasteiger charge is -2.36. The number of carboxylic acid groups (broad SMARTS) is 1. The number of likely N-dealkylation sites (tertiary alicyclic amines) is 1. The van der Waals surface area contributed by atoms with Gasteiger partial charge in [0.25, 0.3) is 0 Å². The van der Waals surface area contributed by atoms with E-state index in [2.05, 4.69) is 29.8 Å². The highest BCUT2D eigenvalue weighted by molar-refractivity contribution is 5.70. The number of aryl methyl sites for hydroxylation is 1. The molecule has 4 nitrogen and oxygen atoms in total. The SMILES string of the molecule is CCC(c1ncccc1C)N1CCCC(C(=O)O)C1. The van der Waals surface area contributed by atoms with Crippen LogP contribution in [0.25, 0.3) is 0 Å². The van der Waals surface area contributed by atoms with E-state index >= 15 is 0 Å². The Morgan fingerprint density at radius 1 is 1.63 bits per heavy atom. The molecule has 4 heteroatoms. The third kappa shape index (κ3) is 3.13. The number of hydrogen-bond donors (Lipinski definition) is 1. The first-order chi connectivity index (χ1) is 9.13. The number of aliphatic carboxylic acids is 1. The minimum Gasteiger partial charge on any atom is -0.481 e. The fraction of sp³-hybridized carbons (Fsp3) is 0.600. The number of pyridine rings is 1. The normalized spacial score (nSPS) is 22.1. The maximum Gasteiger partial charge on any atom is 0.307 e. The third-order valence-electron chi connectivity index (χ3n) is 4.00. The maximum atomic E-state index is 11.2. The van der Waals surface area contributed by atoms with Crippen molar-refractivity contribution in [3.8, 4) is 0 Å². The second-order valence-corrected chi connectivity index (χ2v) is 5.30. The quantitative estimate of drug-likeness (QED) is 0.906. The van der Waals surface area contributed by atoms with Gasteiger partial charge >= 0.3 is 5.97 Å². The predicted octanol–water partition coefficient (Wildman–Crippen LogP) is 2.64. The molecule has 0 spiro atoms. The summed E-state index contributed by atoms with van der Waals surface area (Å²) in [5.74, 6) is -0.899. The molecule has 0 aliphatic carbocycles. The Bertz CT molecular complexity index is 448. The van der Waals surface area contributed by atoms with Gasteiger partial charge in [-0.3, -0.25) is 14.7 Å². The molecule has 1 saturated heterocycles. The van der Waals surface area contributed by atoms with E-state index in [1.807, 2.05) is 12.3 Å². The van der Waals surface area contributed by atoms with Crippen molar-refractivity contribution < 1.29 is 9.90 Å². The minimum absolute atomic E-state index is 0.230. The molecule has 0 aromatic carbocycles. The Kier molecular flexibility index (Phi) is 4.53. The summed E-state index contributed by atoms with van der Waals surface area (Å²) in [6, 6.07) is 4.26. The molecular weight excluding hydrogens is 240 g/mol. The summed E-state index contributed by atoms with van der Waals surface area (Å²) >= 11 is 0. The molecule has 1 fully saturated rings. The summed E-state index contributed by atoms with van der Waals surface area (Å²) in [4.78, 5) is 18.0. The van der Waals surface area contributed by atoms with Crippen molar-refractivity contribution >= 4 is 5.97 Å². The molecule has 104 valence electrons. The first-order valence-corrected chi connectivity index (χ1v) is 7.01. The van der Waals surface area contributed by atoms with Crippen molar-refractivity contribution in [2.45, 2.75) is 39.2 Å². The molecule has 1 aromatic heterocycles. The van der Waals surface area contributed by atoms with Crippen LogP contribution in [0.3, 0.4) is 0 Å². The van der Waals surface area contributed by atoms with Crippen LogP contribution in [0.1, 0.15) is 43.5 Å². The van der Waals surface area contributed by atoms with Gasteiger partial charge in [-0.25, -0.2) is 0 Å². The van der Waals surface area contributed by atoms with Crippen LogP contribution in [0.2, 0.25) is 0 Å². The van der Waals surface area contributed by atoms with Gasteiger partial charge in [-0.15, -0.1) is 0 Å². The Hall–Kier alpha value is -1.42. The van der Waals surface area contributed by atoms with E-state index in [9.17, 15) is 9.90 Å². The molecule has 2 rings (SSSR count). The number of carbonyl (C=O) groups is 1. The van der Waals surface area contributed by atoms with Crippen molar-refractivity contribution in [2.24, 2.45) is 5.92 Å². The molecule has 2 unspecified atom stereocenters. The Morgan fingerprint density at radius 3 is 3.05 bits per heavy atom. The van der Waals surface area contributed by atoms with Crippen LogP contribution < -0.4 is 0 Å². The van der Waals surface area contributed by atoms with Crippen molar-refractivity contribution in [3.05, 3.63) is 29.6 Å². The van der Waals surface area contributed by atoms with Gasteiger partial charge in [0.05, 0.1) is 17.7 Å². The van der Waals surface area contributed by atoms with Crippen molar-refractivity contribution in [1.29, 1.82) is 0 Å². The molecule has 1 aliphatic rings. The highest BCUT2D eigenvalue weighted by atomic mass is 16.4. The number of aromatic nitrogens is 1. The Balaban J connectivity index is 2.18. The van der Waals surface area contributed by atoms with Crippen LogP contribution in [-0.4, -0.2) is 34.0 Å². The fourth-order valence-electron chi connectivity index (χ4n) is 2.96. The van der Waals surface area contributed by atoms with Crippen LogP contribution in [0.15, 0.2) is 18.3 Å². The second-order valence-electron chi connectivity index (χ2n) is 5.30. The molecule has 1 N–H and O–H groups in total. The van der Waals surface area contributed by atoms with Crippen molar-refractivity contribution in [3.63, 3.8) is 0 Å². The topological polar surface area (TPSA) is 53.4 Å². The second kappa shape index (κ2) is 6.15. The van der Waals surface area contributed by atoms with Gasteiger partial charge in [-0.1, -0.05) is 13.0 Å². The third-order valence-corrected chi connectivity index (χ3v) is 4.00. The molecule has 2 heterocycles. The van der Waals surface area contributed by atoms with E-state index in [0.717, 1.165) is 31.5 Å². The molecule has 1 aromatic rings. The van der Waals surface area contributed by atoms with E-state index < -0.39 is 5.97 Å². The van der Waals surface area contributed by atoms with E-state index in [4.69, 9.17) is 0 Å². The fourth-order valence-corrected chi connectivity index (χ4v) is 2.96. The summed E-state index contributed by atoms with van der Waals surface area (Å²) < 4.78 is 0. The molecule has 1 aliphatic heterocycles. The van der Waals surface area contributed by atoms with Gasteiger partial charge in [0.15, 0.2) is 0 Å². The lowest BCUT2D eigenvalue weighted by atomic mass is 9.94. The van der Waals surface area contributed by atoms with Crippen molar-refractivity contribution in [1.82, 2.24) is 9.88 Å². The van der Waals surface area contributed by atoms with Crippen LogP contribution in [0.5, 0.6) is 0 Å². The molecule has 0 saturated carbocycles. The molecule has 0 amide bonds. The van der Waals surface area contributed by atoms with Gasteiger partial charge < -0.3 is 5.11 Å². The maximum absolute atomic E-state index is 11.2. The monoisotopic (exact) mass is 262 g/mol. The van der Waals surface area contributed by atoms with Crippen LogP contribution >= 0.6 is 0 Å². The summed E-state index contributed by atoms with van der Waals surface area (Å²) in [5.41, 5.74) is 2.28. The number of rotatable bonds is 4. The van der Waals surface area contributed by atoms with Crippen LogP contribution in [-0.2, 0) is 4.79 Å². The van der Waals surface area contributed by atoms with Gasteiger partial charge in [0, 0.05) is 12.7 Å². The number of carboxylic acids is 1. The van der Waals surface area contributed by atoms with E-state index in [1.165, 1.54) is 5.56 Å². The van der Waals surface area contributed by atoms with Gasteiger partial charge in [-0.2, -0.15) is 0 Å². The lowest BCUT2D eigenvalue weighted by molar-refractivity contribution is -0.144. The van der Waals surface area contributed by atoms with Crippen LogP contribution in [0, 0.1) is 12.8 Å². The number of nitrogens with zero attached hydrogens (tertiary/aromatic N) is 2. The molecule has 2 atom stereocenters. The Labute approximate surface area is 114 Å². The van der Waals surface area contributed by atoms with Gasteiger partial charge in [-0.05, 0) is 44.4 Å². The predicted molar refractivity (Wildman–Crippen MR) is 73.9 cm³/mol. The van der Waals surface area contributed by atoms with E-state index in [0.29, 0.717) is 6.54 Å². The molecule has 0 bridgehead atoms.